The van der Waals surface area contributed by atoms with E-state index in [-0.39, 0.29) is 24.3 Å². The Morgan fingerprint density at radius 2 is 1.78 bits per heavy atom. The van der Waals surface area contributed by atoms with Gasteiger partial charge in [0, 0.05) is 58.2 Å². The molecule has 7 heteroatoms. The quantitative estimate of drug-likeness (QED) is 0.681. The van der Waals surface area contributed by atoms with Crippen LogP contribution in [0.15, 0.2) is 54.9 Å². The van der Waals surface area contributed by atoms with Crippen LogP contribution in [0.1, 0.15) is 24.0 Å². The van der Waals surface area contributed by atoms with Crippen LogP contribution in [-0.2, 0) is 22.6 Å². The van der Waals surface area contributed by atoms with Crippen molar-refractivity contribution < 1.29 is 9.59 Å². The summed E-state index contributed by atoms with van der Waals surface area (Å²) in [5, 5.41) is 2.95. The van der Waals surface area contributed by atoms with Crippen LogP contribution in [-0.4, -0.2) is 83.4 Å². The molecule has 0 spiro atoms. The number of pyridine rings is 1. The third kappa shape index (κ3) is 6.14. The van der Waals surface area contributed by atoms with Crippen molar-refractivity contribution in [3.63, 3.8) is 0 Å². The number of hydrogen-bond acceptors (Lipinski definition) is 5. The van der Waals surface area contributed by atoms with Crippen molar-refractivity contribution >= 4 is 11.8 Å². The number of rotatable bonds is 8. The fourth-order valence-corrected chi connectivity index (χ4v) is 4.58. The van der Waals surface area contributed by atoms with Crippen LogP contribution in [0, 0.1) is 0 Å². The van der Waals surface area contributed by atoms with Crippen molar-refractivity contribution in [2.45, 2.75) is 31.8 Å². The molecule has 0 radical (unpaired) electrons. The van der Waals surface area contributed by atoms with E-state index in [2.05, 4.69) is 50.4 Å². The molecule has 1 atom stereocenters. The molecule has 0 saturated carbocycles. The van der Waals surface area contributed by atoms with Gasteiger partial charge in [0.15, 0.2) is 0 Å². The predicted octanol–water partition coefficient (Wildman–Crippen LogP) is 1.55. The van der Waals surface area contributed by atoms with E-state index in [0.29, 0.717) is 19.6 Å². The number of nitrogens with one attached hydrogen (secondary N) is 1. The molecule has 2 fully saturated rings. The van der Waals surface area contributed by atoms with E-state index < -0.39 is 0 Å². The molecule has 1 aromatic heterocycles. The molecule has 1 aromatic carbocycles. The molecule has 3 heterocycles. The molecule has 1 N–H and O–H groups in total. The van der Waals surface area contributed by atoms with E-state index in [1.54, 1.807) is 6.20 Å². The average molecular weight is 436 g/mol. The van der Waals surface area contributed by atoms with Crippen LogP contribution in [0.5, 0.6) is 0 Å². The highest BCUT2D eigenvalue weighted by molar-refractivity contribution is 5.88. The Labute approximate surface area is 190 Å². The zero-order valence-corrected chi connectivity index (χ0v) is 18.7. The monoisotopic (exact) mass is 435 g/mol. The number of piperazine rings is 2. The number of amides is 2. The number of carbonyl (C=O) groups excluding carboxylic acids is 2. The van der Waals surface area contributed by atoms with E-state index in [4.69, 9.17) is 0 Å². The minimum Gasteiger partial charge on any atom is -0.353 e. The molecule has 2 saturated heterocycles. The molecule has 2 aliphatic rings. The van der Waals surface area contributed by atoms with Gasteiger partial charge in [-0.25, -0.2) is 0 Å². The van der Waals surface area contributed by atoms with Crippen LogP contribution < -0.4 is 5.32 Å². The van der Waals surface area contributed by atoms with Gasteiger partial charge in [-0.1, -0.05) is 36.4 Å². The van der Waals surface area contributed by atoms with Gasteiger partial charge in [0.1, 0.15) is 0 Å². The molecule has 2 aliphatic heterocycles. The summed E-state index contributed by atoms with van der Waals surface area (Å²) in [4.78, 5) is 36.2. The van der Waals surface area contributed by atoms with Gasteiger partial charge in [-0.3, -0.25) is 24.4 Å². The van der Waals surface area contributed by atoms with Gasteiger partial charge in [0.05, 0.1) is 12.5 Å². The molecule has 4 rings (SSSR count). The smallest absolute Gasteiger partial charge is 0.237 e. The summed E-state index contributed by atoms with van der Waals surface area (Å²) >= 11 is 0. The number of aromatic nitrogens is 1. The Morgan fingerprint density at radius 3 is 2.53 bits per heavy atom. The highest BCUT2D eigenvalue weighted by Gasteiger charge is 2.33. The van der Waals surface area contributed by atoms with Crippen molar-refractivity contribution in [2.75, 3.05) is 45.8 Å². The Morgan fingerprint density at radius 1 is 1.00 bits per heavy atom. The zero-order chi connectivity index (χ0) is 22.2. The van der Waals surface area contributed by atoms with Gasteiger partial charge < -0.3 is 10.2 Å². The first-order valence-electron chi connectivity index (χ1n) is 11.6. The second kappa shape index (κ2) is 11.2. The largest absolute Gasteiger partial charge is 0.353 e. The van der Waals surface area contributed by atoms with E-state index in [1.165, 1.54) is 11.1 Å². The maximum atomic E-state index is 13.0. The van der Waals surface area contributed by atoms with Crippen molar-refractivity contribution in [3.05, 3.63) is 66.0 Å². The molecule has 32 heavy (non-hydrogen) atoms. The van der Waals surface area contributed by atoms with Crippen molar-refractivity contribution in [3.8, 4) is 0 Å². The summed E-state index contributed by atoms with van der Waals surface area (Å²) < 4.78 is 0. The van der Waals surface area contributed by atoms with Crippen molar-refractivity contribution in [1.29, 1.82) is 0 Å². The fourth-order valence-electron chi connectivity index (χ4n) is 4.58. The lowest BCUT2D eigenvalue weighted by molar-refractivity contribution is -0.140. The van der Waals surface area contributed by atoms with Gasteiger partial charge in [-0.15, -0.1) is 0 Å². The lowest BCUT2D eigenvalue weighted by Crippen LogP contribution is -2.57. The maximum absolute atomic E-state index is 13.0. The molecule has 0 bridgehead atoms. The van der Waals surface area contributed by atoms with E-state index >= 15 is 0 Å². The van der Waals surface area contributed by atoms with Crippen LogP contribution >= 0.6 is 0 Å². The van der Waals surface area contributed by atoms with Crippen LogP contribution in [0.4, 0.5) is 0 Å². The third-order valence-corrected chi connectivity index (χ3v) is 6.42. The Hall–Kier alpha value is -2.77. The van der Waals surface area contributed by atoms with E-state index in [1.807, 2.05) is 23.2 Å². The highest BCUT2D eigenvalue weighted by Crippen LogP contribution is 2.15. The van der Waals surface area contributed by atoms with Gasteiger partial charge in [-0.2, -0.15) is 0 Å². The minimum atomic E-state index is -0.361. The van der Waals surface area contributed by atoms with Crippen LogP contribution in [0.25, 0.3) is 0 Å². The van der Waals surface area contributed by atoms with Gasteiger partial charge >= 0.3 is 0 Å². The first kappa shape index (κ1) is 22.4. The molecular weight excluding hydrogens is 402 g/mol. The number of benzene rings is 1. The van der Waals surface area contributed by atoms with Gasteiger partial charge in [0.25, 0.3) is 0 Å². The lowest BCUT2D eigenvalue weighted by Gasteiger charge is -2.38. The highest BCUT2D eigenvalue weighted by atomic mass is 16.2. The standard InChI is InChI=1S/C25H33N5O2/c31-24(30-16-14-28(15-17-30)20-22-8-4-10-26-19-22)18-23-25(32)27-11-13-29(23)12-5-9-21-6-2-1-3-7-21/h1-4,6-8,10,19,23H,5,9,11-18,20H2,(H,27,32). The summed E-state index contributed by atoms with van der Waals surface area (Å²) in [6.45, 7) is 6.26. The molecule has 2 aromatic rings. The maximum Gasteiger partial charge on any atom is 0.237 e. The molecule has 170 valence electrons. The summed E-state index contributed by atoms with van der Waals surface area (Å²) in [6, 6.07) is 14.1. The second-order valence-corrected chi connectivity index (χ2v) is 8.65. The molecular formula is C25H33N5O2. The predicted molar refractivity (Wildman–Crippen MR) is 124 cm³/mol. The van der Waals surface area contributed by atoms with Crippen molar-refractivity contribution in [1.82, 2.24) is 25.0 Å². The molecule has 1 unspecified atom stereocenters. The number of carbonyl (C=O) groups is 2. The average Bonchev–Trinajstić information content (AvgIpc) is 2.83. The number of nitrogens with zero attached hydrogens (tertiary/aromatic N) is 4. The summed E-state index contributed by atoms with van der Waals surface area (Å²) in [6.07, 6.45) is 5.91. The van der Waals surface area contributed by atoms with Crippen LogP contribution in [0.2, 0.25) is 0 Å². The Kier molecular flexibility index (Phi) is 7.85. The van der Waals surface area contributed by atoms with Crippen LogP contribution in [0.3, 0.4) is 0 Å². The van der Waals surface area contributed by atoms with E-state index in [0.717, 1.165) is 45.6 Å². The molecule has 7 nitrogen and oxygen atoms in total. The number of hydrogen-bond donors (Lipinski definition) is 1. The first-order chi connectivity index (χ1) is 15.7. The Balaban J connectivity index is 1.25. The van der Waals surface area contributed by atoms with E-state index in [9.17, 15) is 9.59 Å². The van der Waals surface area contributed by atoms with Crippen molar-refractivity contribution in [2.24, 2.45) is 0 Å². The second-order valence-electron chi connectivity index (χ2n) is 8.65. The van der Waals surface area contributed by atoms with Gasteiger partial charge in [-0.05, 0) is 36.6 Å². The first-order valence-corrected chi connectivity index (χ1v) is 11.6. The lowest BCUT2D eigenvalue weighted by atomic mass is 10.1. The number of aryl methyl sites for hydroxylation is 1. The topological polar surface area (TPSA) is 68.8 Å². The minimum absolute atomic E-state index is 0.0143. The van der Waals surface area contributed by atoms with Gasteiger partial charge in [0.2, 0.25) is 11.8 Å². The SMILES string of the molecule is O=C1NCCN(CCCc2ccccc2)C1CC(=O)N1CCN(Cc2cccnc2)CC1. The molecule has 0 aliphatic carbocycles. The summed E-state index contributed by atoms with van der Waals surface area (Å²) in [5.74, 6) is 0.0701. The normalized spacial score (nSPS) is 20.2. The molecule has 2 amide bonds. The third-order valence-electron chi connectivity index (χ3n) is 6.42. The Bertz CT molecular complexity index is 868. The summed E-state index contributed by atoms with van der Waals surface area (Å²) in [5.41, 5.74) is 2.50. The summed E-state index contributed by atoms with van der Waals surface area (Å²) in [7, 11) is 0. The fraction of sp³-hybridized carbons (Fsp3) is 0.480. The zero-order valence-electron chi connectivity index (χ0n) is 18.7.